The van der Waals surface area contributed by atoms with Crippen LogP contribution in [0.4, 0.5) is 0 Å². The molecule has 7 nitrogen and oxygen atoms in total. The first-order valence-corrected chi connectivity index (χ1v) is 12.7. The summed E-state index contributed by atoms with van der Waals surface area (Å²) in [6.07, 6.45) is 6.54. The van der Waals surface area contributed by atoms with Crippen LogP contribution in [0.1, 0.15) is 51.0 Å². The van der Waals surface area contributed by atoms with E-state index in [-0.39, 0.29) is 24.0 Å². The van der Waals surface area contributed by atoms with Crippen LogP contribution < -0.4 is 10.6 Å². The molecule has 2 fully saturated rings. The van der Waals surface area contributed by atoms with Gasteiger partial charge in [-0.3, -0.25) is 0 Å². The van der Waals surface area contributed by atoms with Crippen molar-refractivity contribution < 1.29 is 13.2 Å². The molecule has 0 bridgehead atoms. The summed E-state index contributed by atoms with van der Waals surface area (Å²) in [6, 6.07) is 7.16. The van der Waals surface area contributed by atoms with E-state index in [1.54, 1.807) is 22.5 Å². The topological polar surface area (TPSA) is 83.0 Å². The summed E-state index contributed by atoms with van der Waals surface area (Å²) in [5.41, 5.74) is 0.887. The number of ether oxygens (including phenoxy) is 1. The maximum Gasteiger partial charge on any atom is 0.243 e. The number of rotatable bonds is 11. The van der Waals surface area contributed by atoms with Crippen LogP contribution in [0.15, 0.2) is 34.2 Å². The van der Waals surface area contributed by atoms with Crippen molar-refractivity contribution in [2.75, 3.05) is 39.4 Å². The van der Waals surface area contributed by atoms with E-state index in [4.69, 9.17) is 4.74 Å². The molecule has 1 aromatic rings. The minimum absolute atomic E-state index is 0. The average molecular weight is 565 g/mol. The predicted octanol–water partition coefficient (Wildman–Crippen LogP) is 3.35. The standard InChI is InChI=1S/C22H36N4O3S.HI/c1-2-23-22(24-12-7-15-29-18-19-10-11-19)25-17-20-8-6-9-21(16-20)30(27,28)26-13-4-3-5-14-26;/h6,8-9,16,19H,2-5,7,10-15,17-18H2,1H3,(H2,23,24,25);1H. The zero-order valence-corrected chi connectivity index (χ0v) is 21.7. The number of hydrogen-bond donors (Lipinski definition) is 2. The third-order valence-electron chi connectivity index (χ3n) is 5.42. The van der Waals surface area contributed by atoms with Gasteiger partial charge < -0.3 is 15.4 Å². The first-order chi connectivity index (χ1) is 14.6. The van der Waals surface area contributed by atoms with Gasteiger partial charge in [0.2, 0.25) is 10.0 Å². The lowest BCUT2D eigenvalue weighted by Crippen LogP contribution is -2.38. The van der Waals surface area contributed by atoms with Crippen LogP contribution in [0.2, 0.25) is 0 Å². The number of sulfonamides is 1. The van der Waals surface area contributed by atoms with Crippen LogP contribution in [0.25, 0.3) is 0 Å². The molecule has 0 unspecified atom stereocenters. The molecule has 0 atom stereocenters. The summed E-state index contributed by atoms with van der Waals surface area (Å²) in [4.78, 5) is 4.98. The van der Waals surface area contributed by atoms with Crippen LogP contribution in [0.5, 0.6) is 0 Å². The zero-order valence-electron chi connectivity index (χ0n) is 18.5. The van der Waals surface area contributed by atoms with Crippen molar-refractivity contribution in [3.8, 4) is 0 Å². The quantitative estimate of drug-likeness (QED) is 0.187. The Morgan fingerprint density at radius 2 is 1.97 bits per heavy atom. The van der Waals surface area contributed by atoms with E-state index in [1.807, 2.05) is 13.0 Å². The highest BCUT2D eigenvalue weighted by Gasteiger charge is 2.25. The van der Waals surface area contributed by atoms with Crippen LogP contribution >= 0.6 is 24.0 Å². The van der Waals surface area contributed by atoms with E-state index >= 15 is 0 Å². The molecular weight excluding hydrogens is 527 g/mol. The lowest BCUT2D eigenvalue weighted by Gasteiger charge is -2.26. The van der Waals surface area contributed by atoms with Crippen molar-refractivity contribution in [3.63, 3.8) is 0 Å². The number of nitrogens with one attached hydrogen (secondary N) is 2. The summed E-state index contributed by atoms with van der Waals surface area (Å²) in [7, 11) is -3.42. The zero-order chi connectivity index (χ0) is 21.2. The molecule has 31 heavy (non-hydrogen) atoms. The van der Waals surface area contributed by atoms with Gasteiger partial charge in [0.25, 0.3) is 0 Å². The Kier molecular flexibility index (Phi) is 11.6. The van der Waals surface area contributed by atoms with E-state index in [2.05, 4.69) is 15.6 Å². The monoisotopic (exact) mass is 564 g/mol. The van der Waals surface area contributed by atoms with Gasteiger partial charge in [0.15, 0.2) is 5.96 Å². The van der Waals surface area contributed by atoms with E-state index < -0.39 is 10.0 Å². The second-order valence-electron chi connectivity index (χ2n) is 8.11. The Morgan fingerprint density at radius 3 is 2.68 bits per heavy atom. The summed E-state index contributed by atoms with van der Waals surface area (Å²) in [6.45, 7) is 6.91. The lowest BCUT2D eigenvalue weighted by molar-refractivity contribution is 0.123. The molecule has 1 aliphatic carbocycles. The molecule has 1 saturated heterocycles. The van der Waals surface area contributed by atoms with Crippen molar-refractivity contribution in [3.05, 3.63) is 29.8 Å². The van der Waals surface area contributed by atoms with Crippen molar-refractivity contribution >= 4 is 40.0 Å². The maximum absolute atomic E-state index is 12.9. The van der Waals surface area contributed by atoms with Gasteiger partial charge in [0.1, 0.15) is 0 Å². The van der Waals surface area contributed by atoms with Gasteiger partial charge in [-0.25, -0.2) is 13.4 Å². The first kappa shape index (κ1) is 26.3. The second kappa shape index (κ2) is 13.6. The molecule has 1 saturated carbocycles. The Bertz CT molecular complexity index is 794. The molecule has 0 aromatic heterocycles. The summed E-state index contributed by atoms with van der Waals surface area (Å²) >= 11 is 0. The van der Waals surface area contributed by atoms with Crippen LogP contribution in [-0.2, 0) is 21.3 Å². The van der Waals surface area contributed by atoms with Gasteiger partial charge in [-0.2, -0.15) is 4.31 Å². The maximum atomic E-state index is 12.9. The van der Waals surface area contributed by atoms with Crippen LogP contribution in [0.3, 0.4) is 0 Å². The third-order valence-corrected chi connectivity index (χ3v) is 7.32. The second-order valence-corrected chi connectivity index (χ2v) is 10.0. The van der Waals surface area contributed by atoms with Gasteiger partial charge >= 0.3 is 0 Å². The lowest BCUT2D eigenvalue weighted by atomic mass is 10.2. The molecule has 176 valence electrons. The fourth-order valence-corrected chi connectivity index (χ4v) is 5.07. The highest BCUT2D eigenvalue weighted by molar-refractivity contribution is 14.0. The Hall–Kier alpha value is -0.910. The van der Waals surface area contributed by atoms with Gasteiger partial charge in [0.05, 0.1) is 11.4 Å². The smallest absolute Gasteiger partial charge is 0.243 e. The van der Waals surface area contributed by atoms with Gasteiger partial charge in [-0.05, 0) is 62.6 Å². The number of hydrogen-bond acceptors (Lipinski definition) is 4. The predicted molar refractivity (Wildman–Crippen MR) is 135 cm³/mol. The third kappa shape index (κ3) is 8.86. The van der Waals surface area contributed by atoms with E-state index in [0.717, 1.165) is 69.4 Å². The first-order valence-electron chi connectivity index (χ1n) is 11.3. The molecule has 0 amide bonds. The molecule has 0 spiro atoms. The molecule has 1 aliphatic heterocycles. The molecule has 9 heteroatoms. The van der Waals surface area contributed by atoms with Crippen LogP contribution in [0, 0.1) is 5.92 Å². The summed E-state index contributed by atoms with van der Waals surface area (Å²) in [5, 5.41) is 6.56. The molecule has 1 aromatic carbocycles. The van der Waals surface area contributed by atoms with Crippen molar-refractivity contribution in [2.45, 2.75) is 56.9 Å². The van der Waals surface area contributed by atoms with Crippen molar-refractivity contribution in [2.24, 2.45) is 10.9 Å². The number of halogens is 1. The van der Waals surface area contributed by atoms with Gasteiger partial charge in [0, 0.05) is 39.4 Å². The van der Waals surface area contributed by atoms with Crippen LogP contribution in [-0.4, -0.2) is 58.1 Å². The molecule has 0 radical (unpaired) electrons. The van der Waals surface area contributed by atoms with E-state index in [0.29, 0.717) is 24.5 Å². The number of guanidine groups is 1. The van der Waals surface area contributed by atoms with Crippen molar-refractivity contribution in [1.29, 1.82) is 0 Å². The Labute approximate surface area is 204 Å². The summed E-state index contributed by atoms with van der Waals surface area (Å²) < 4.78 is 33.1. The average Bonchev–Trinajstić information content (AvgIpc) is 3.59. The molecular formula is C22H37IN4O3S. The Morgan fingerprint density at radius 1 is 1.19 bits per heavy atom. The van der Waals surface area contributed by atoms with Gasteiger partial charge in [-0.15, -0.1) is 24.0 Å². The largest absolute Gasteiger partial charge is 0.381 e. The molecule has 2 N–H and O–H groups in total. The molecule has 1 heterocycles. The number of nitrogens with zero attached hydrogens (tertiary/aromatic N) is 2. The van der Waals surface area contributed by atoms with E-state index in [1.165, 1.54) is 12.8 Å². The number of aliphatic imine (C=N–C) groups is 1. The fraction of sp³-hybridized carbons (Fsp3) is 0.682. The highest BCUT2D eigenvalue weighted by Crippen LogP contribution is 2.28. The molecule has 3 rings (SSSR count). The normalized spacial score (nSPS) is 17.8. The number of benzene rings is 1. The SMILES string of the molecule is CCNC(=NCc1cccc(S(=O)(=O)N2CCCCC2)c1)NCCCOCC1CC1.I. The fourth-order valence-electron chi connectivity index (χ4n) is 3.49. The minimum atomic E-state index is -3.42. The van der Waals surface area contributed by atoms with Crippen molar-refractivity contribution in [1.82, 2.24) is 14.9 Å². The van der Waals surface area contributed by atoms with Gasteiger partial charge in [-0.1, -0.05) is 18.6 Å². The minimum Gasteiger partial charge on any atom is -0.381 e. The highest BCUT2D eigenvalue weighted by atomic mass is 127. The van der Waals surface area contributed by atoms with E-state index in [9.17, 15) is 8.42 Å². The molecule has 2 aliphatic rings. The number of piperidine rings is 1. The Balaban J connectivity index is 0.00000341. The summed E-state index contributed by atoms with van der Waals surface area (Å²) in [5.74, 6) is 1.54.